The normalized spacial score (nSPS) is 18.3. The predicted octanol–water partition coefficient (Wildman–Crippen LogP) is 5.99. The fourth-order valence-electron chi connectivity index (χ4n) is 3.83. The molecule has 0 spiro atoms. The van der Waals surface area contributed by atoms with Crippen molar-refractivity contribution < 1.29 is 24.1 Å². The molecule has 0 bridgehead atoms. The number of para-hydroxylation sites is 1. The molecule has 3 rings (SSSR count). The molecular formula is C28H35BO5S2. The van der Waals surface area contributed by atoms with E-state index in [1.54, 1.807) is 11.8 Å². The van der Waals surface area contributed by atoms with E-state index in [9.17, 15) is 5.11 Å². The van der Waals surface area contributed by atoms with Gasteiger partial charge >= 0.3 is 0 Å². The summed E-state index contributed by atoms with van der Waals surface area (Å²) >= 11 is 3.09. The fourth-order valence-corrected chi connectivity index (χ4v) is 5.51. The Balaban J connectivity index is 1.52. The predicted molar refractivity (Wildman–Crippen MR) is 152 cm³/mol. The number of allylic oxidation sites excluding steroid dienone is 3. The fraction of sp³-hybridized carbons (Fsp3) is 0.429. The van der Waals surface area contributed by atoms with Gasteiger partial charge in [-0.3, -0.25) is 0 Å². The molecule has 0 aliphatic carbocycles. The molecule has 192 valence electrons. The van der Waals surface area contributed by atoms with Gasteiger partial charge in [-0.1, -0.05) is 31.2 Å². The van der Waals surface area contributed by atoms with Gasteiger partial charge in [0.15, 0.2) is 6.79 Å². The van der Waals surface area contributed by atoms with Gasteiger partial charge in [0.05, 0.1) is 19.3 Å². The van der Waals surface area contributed by atoms with Crippen molar-refractivity contribution in [1.29, 1.82) is 0 Å². The molecule has 8 heteroatoms. The maximum absolute atomic E-state index is 10.5. The zero-order valence-corrected chi connectivity index (χ0v) is 23.1. The molecule has 36 heavy (non-hydrogen) atoms. The van der Waals surface area contributed by atoms with Crippen LogP contribution in [0, 0.1) is 0 Å². The van der Waals surface area contributed by atoms with Crippen LogP contribution in [0.4, 0.5) is 0 Å². The van der Waals surface area contributed by atoms with E-state index < -0.39 is 6.10 Å². The van der Waals surface area contributed by atoms with Gasteiger partial charge in [-0.15, -0.1) is 11.8 Å². The van der Waals surface area contributed by atoms with Gasteiger partial charge in [0.1, 0.15) is 25.1 Å². The Bertz CT molecular complexity index is 1080. The largest absolute Gasteiger partial charge is 0.493 e. The smallest absolute Gasteiger partial charge is 0.189 e. The molecule has 5 nitrogen and oxygen atoms in total. The number of hydrogen-bond donors (Lipinski definition) is 1. The summed E-state index contributed by atoms with van der Waals surface area (Å²) in [5.41, 5.74) is 3.74. The Morgan fingerprint density at radius 3 is 2.56 bits per heavy atom. The third-order valence-corrected chi connectivity index (χ3v) is 7.66. The lowest BCUT2D eigenvalue weighted by Gasteiger charge is -2.18. The number of hydrogen-bond acceptors (Lipinski definition) is 7. The Labute approximate surface area is 224 Å². The lowest BCUT2D eigenvalue weighted by Crippen LogP contribution is -2.19. The minimum atomic E-state index is -0.475. The molecule has 2 heterocycles. The first-order valence-electron chi connectivity index (χ1n) is 12.3. The van der Waals surface area contributed by atoms with Crippen LogP contribution in [0.25, 0.3) is 11.1 Å². The Morgan fingerprint density at radius 2 is 1.86 bits per heavy atom. The highest BCUT2D eigenvalue weighted by molar-refractivity contribution is 8.03. The number of ether oxygens (including phenoxy) is 4. The average Bonchev–Trinajstić information content (AvgIpc) is 3.42. The van der Waals surface area contributed by atoms with Crippen LogP contribution in [-0.4, -0.2) is 50.9 Å². The maximum atomic E-state index is 10.5. The summed E-state index contributed by atoms with van der Waals surface area (Å²) in [7, 11) is 6.14. The lowest BCUT2D eigenvalue weighted by atomic mass is 9.98. The highest BCUT2D eigenvalue weighted by atomic mass is 32.2. The summed E-state index contributed by atoms with van der Waals surface area (Å²) in [5, 5.41) is 14.7. The SMILES string of the molecule is [B]c1scc(-c2ccccc2OCCCCOC(=C/C)/C(=C\C)C2=CSC(C)C2O)c1OCOCC. The summed E-state index contributed by atoms with van der Waals surface area (Å²) in [4.78, 5) is 0. The Morgan fingerprint density at radius 1 is 1.08 bits per heavy atom. The van der Waals surface area contributed by atoms with Crippen LogP contribution in [0.5, 0.6) is 11.5 Å². The Kier molecular flexibility index (Phi) is 11.5. The van der Waals surface area contributed by atoms with Crippen molar-refractivity contribution in [3.05, 3.63) is 64.1 Å². The van der Waals surface area contributed by atoms with Crippen molar-refractivity contribution in [2.24, 2.45) is 0 Å². The van der Waals surface area contributed by atoms with Gasteiger partial charge in [-0.05, 0) is 61.5 Å². The molecule has 0 fully saturated rings. The molecule has 2 atom stereocenters. The average molecular weight is 527 g/mol. The lowest BCUT2D eigenvalue weighted by molar-refractivity contribution is 0.0236. The molecule has 2 aromatic rings. The van der Waals surface area contributed by atoms with Crippen LogP contribution in [-0.2, 0) is 9.47 Å². The number of unbranched alkanes of at least 4 members (excludes halogenated alkanes) is 1. The van der Waals surface area contributed by atoms with Crippen LogP contribution < -0.4 is 14.3 Å². The number of aliphatic hydroxyl groups excluding tert-OH is 1. The molecule has 0 saturated heterocycles. The van der Waals surface area contributed by atoms with E-state index in [1.165, 1.54) is 11.3 Å². The minimum absolute atomic E-state index is 0.157. The third kappa shape index (κ3) is 7.22. The number of rotatable bonds is 14. The van der Waals surface area contributed by atoms with E-state index in [2.05, 4.69) is 0 Å². The van der Waals surface area contributed by atoms with Crippen LogP contribution >= 0.6 is 23.1 Å². The molecule has 0 amide bonds. The molecule has 1 aliphatic rings. The molecule has 1 N–H and O–H groups in total. The second kappa shape index (κ2) is 14.6. The summed E-state index contributed by atoms with van der Waals surface area (Å²) in [6.45, 7) is 9.76. The zero-order valence-electron chi connectivity index (χ0n) is 21.5. The molecular weight excluding hydrogens is 491 g/mol. The van der Waals surface area contributed by atoms with Crippen molar-refractivity contribution in [1.82, 2.24) is 0 Å². The minimum Gasteiger partial charge on any atom is -0.493 e. The number of thioether (sulfide) groups is 1. The maximum Gasteiger partial charge on any atom is 0.189 e. The highest BCUT2D eigenvalue weighted by Gasteiger charge is 2.28. The molecule has 2 radical (unpaired) electrons. The highest BCUT2D eigenvalue weighted by Crippen LogP contribution is 2.38. The van der Waals surface area contributed by atoms with Crippen LogP contribution in [0.15, 0.2) is 64.1 Å². The van der Waals surface area contributed by atoms with E-state index in [0.29, 0.717) is 30.3 Å². The number of benzene rings is 1. The molecule has 1 aromatic carbocycles. The van der Waals surface area contributed by atoms with Gasteiger partial charge in [0.25, 0.3) is 0 Å². The Hall–Kier alpha value is -2.13. The second-order valence-electron chi connectivity index (χ2n) is 8.21. The first kappa shape index (κ1) is 28.4. The second-order valence-corrected chi connectivity index (χ2v) is 10.4. The van der Waals surface area contributed by atoms with Gasteiger partial charge in [0, 0.05) is 33.9 Å². The third-order valence-electron chi connectivity index (χ3n) is 5.79. The van der Waals surface area contributed by atoms with Crippen molar-refractivity contribution >= 4 is 35.7 Å². The molecule has 1 aliphatic heterocycles. The molecule has 2 unspecified atom stereocenters. The van der Waals surface area contributed by atoms with Crippen molar-refractivity contribution in [2.45, 2.75) is 51.9 Å². The standard InChI is InChI=1S/C28H35BO5S2/c1-5-20(22-16-35-19(4)26(22)30)24(6-2)32-14-10-11-15-33-25-13-9-8-12-21(25)23-17-36-28(29)27(23)34-18-31-7-3/h5-6,8-9,12-13,16-17,19,26,30H,7,10-11,14-15,18H2,1-4H3/b20-5-,24-6+. The summed E-state index contributed by atoms with van der Waals surface area (Å²) < 4.78 is 24.0. The van der Waals surface area contributed by atoms with Gasteiger partial charge in [0.2, 0.25) is 0 Å². The quantitative estimate of drug-likeness (QED) is 0.107. The van der Waals surface area contributed by atoms with Crippen LogP contribution in [0.1, 0.15) is 40.5 Å². The monoisotopic (exact) mass is 526 g/mol. The summed E-state index contributed by atoms with van der Waals surface area (Å²) in [6, 6.07) is 7.90. The number of aliphatic hydroxyl groups is 1. The van der Waals surface area contributed by atoms with Crippen LogP contribution in [0.2, 0.25) is 0 Å². The van der Waals surface area contributed by atoms with Crippen molar-refractivity contribution in [3.63, 3.8) is 0 Å². The van der Waals surface area contributed by atoms with E-state index in [1.807, 2.05) is 74.9 Å². The van der Waals surface area contributed by atoms with Crippen molar-refractivity contribution in [3.8, 4) is 22.6 Å². The topological polar surface area (TPSA) is 57.2 Å². The van der Waals surface area contributed by atoms with Gasteiger partial charge in [-0.25, -0.2) is 0 Å². The zero-order chi connectivity index (χ0) is 25.9. The van der Waals surface area contributed by atoms with Gasteiger partial charge < -0.3 is 24.1 Å². The first-order valence-corrected chi connectivity index (χ1v) is 14.1. The number of thiophene rings is 1. The van der Waals surface area contributed by atoms with Gasteiger partial charge in [-0.2, -0.15) is 11.3 Å². The van der Waals surface area contributed by atoms with E-state index in [-0.39, 0.29) is 12.0 Å². The molecule has 0 saturated carbocycles. The molecule has 1 aromatic heterocycles. The van der Waals surface area contributed by atoms with E-state index in [4.69, 9.17) is 26.8 Å². The van der Waals surface area contributed by atoms with Crippen LogP contribution in [0.3, 0.4) is 0 Å². The summed E-state index contributed by atoms with van der Waals surface area (Å²) in [5.74, 6) is 2.22. The van der Waals surface area contributed by atoms with E-state index in [0.717, 1.165) is 46.6 Å². The van der Waals surface area contributed by atoms with E-state index >= 15 is 0 Å². The first-order chi connectivity index (χ1) is 17.5. The van der Waals surface area contributed by atoms with Crippen molar-refractivity contribution in [2.75, 3.05) is 26.6 Å². The summed E-state index contributed by atoms with van der Waals surface area (Å²) in [6.07, 6.45) is 5.18.